The predicted molar refractivity (Wildman–Crippen MR) is 101 cm³/mol. The van der Waals surface area contributed by atoms with Crippen LogP contribution in [0.4, 0.5) is 0 Å². The van der Waals surface area contributed by atoms with Crippen molar-refractivity contribution in [3.63, 3.8) is 0 Å². The Balaban J connectivity index is 1.59. The Morgan fingerprint density at radius 1 is 0.923 bits per heavy atom. The second-order valence-electron chi connectivity index (χ2n) is 5.69. The highest BCUT2D eigenvalue weighted by Crippen LogP contribution is 2.21. The van der Waals surface area contributed by atoms with Crippen LogP contribution in [0.3, 0.4) is 0 Å². The molecule has 6 heteroatoms. The van der Waals surface area contributed by atoms with Crippen molar-refractivity contribution in [3.05, 3.63) is 77.3 Å². The molecule has 2 N–H and O–H groups in total. The lowest BCUT2D eigenvalue weighted by atomic mass is 10.1. The van der Waals surface area contributed by atoms with E-state index in [0.717, 1.165) is 10.8 Å². The molecule has 0 aromatic heterocycles. The lowest BCUT2D eigenvalue weighted by Crippen LogP contribution is -2.47. The van der Waals surface area contributed by atoms with Crippen LogP contribution in [0.2, 0.25) is 5.02 Å². The Hall–Kier alpha value is -3.05. The highest BCUT2D eigenvalue weighted by atomic mass is 35.5. The SMILES string of the molecule is CC(Oc1ccc2ccccc2c1)C(=O)NNC(=O)c1ccccc1Cl. The molecule has 132 valence electrons. The van der Waals surface area contributed by atoms with Crippen LogP contribution >= 0.6 is 11.6 Å². The van der Waals surface area contributed by atoms with E-state index in [1.807, 2.05) is 36.4 Å². The van der Waals surface area contributed by atoms with Crippen molar-refractivity contribution in [2.45, 2.75) is 13.0 Å². The Kier molecular flexibility index (Phi) is 5.39. The molecule has 0 aliphatic carbocycles. The molecule has 2 amide bonds. The largest absolute Gasteiger partial charge is 0.481 e. The minimum absolute atomic E-state index is 0.276. The minimum Gasteiger partial charge on any atom is -0.481 e. The summed E-state index contributed by atoms with van der Waals surface area (Å²) in [5.74, 6) is -0.399. The monoisotopic (exact) mass is 368 g/mol. The highest BCUT2D eigenvalue weighted by molar-refractivity contribution is 6.33. The van der Waals surface area contributed by atoms with Gasteiger partial charge in [-0.15, -0.1) is 0 Å². The van der Waals surface area contributed by atoms with Gasteiger partial charge in [-0.1, -0.05) is 54.1 Å². The van der Waals surface area contributed by atoms with E-state index in [9.17, 15) is 9.59 Å². The molecule has 0 saturated carbocycles. The third kappa shape index (κ3) is 4.13. The normalized spacial score (nSPS) is 11.6. The molecule has 1 unspecified atom stereocenters. The van der Waals surface area contributed by atoms with Gasteiger partial charge in [0.05, 0.1) is 10.6 Å². The van der Waals surface area contributed by atoms with E-state index < -0.39 is 17.9 Å². The van der Waals surface area contributed by atoms with Gasteiger partial charge >= 0.3 is 0 Å². The molecule has 5 nitrogen and oxygen atoms in total. The third-order valence-corrected chi connectivity index (χ3v) is 4.15. The van der Waals surface area contributed by atoms with Crippen LogP contribution in [0, 0.1) is 0 Å². The molecule has 0 aliphatic rings. The number of hydrogen-bond acceptors (Lipinski definition) is 3. The summed E-state index contributed by atoms with van der Waals surface area (Å²) >= 11 is 5.95. The molecule has 0 heterocycles. The van der Waals surface area contributed by atoms with Crippen LogP contribution in [0.15, 0.2) is 66.7 Å². The predicted octanol–water partition coefficient (Wildman–Crippen LogP) is 3.72. The second kappa shape index (κ2) is 7.89. The maximum absolute atomic E-state index is 12.1. The summed E-state index contributed by atoms with van der Waals surface area (Å²) in [7, 11) is 0. The summed E-state index contributed by atoms with van der Waals surface area (Å²) in [6.45, 7) is 1.60. The van der Waals surface area contributed by atoms with Crippen LogP contribution < -0.4 is 15.6 Å². The zero-order chi connectivity index (χ0) is 18.5. The van der Waals surface area contributed by atoms with Crippen molar-refractivity contribution in [1.82, 2.24) is 10.9 Å². The van der Waals surface area contributed by atoms with Crippen molar-refractivity contribution in [1.29, 1.82) is 0 Å². The fraction of sp³-hybridized carbons (Fsp3) is 0.100. The summed E-state index contributed by atoms with van der Waals surface area (Å²) < 4.78 is 5.66. The summed E-state index contributed by atoms with van der Waals surface area (Å²) in [6, 6.07) is 20.0. The number of amides is 2. The first kappa shape index (κ1) is 17.8. The molecule has 0 radical (unpaired) electrons. The van der Waals surface area contributed by atoms with E-state index >= 15 is 0 Å². The molecule has 3 aromatic rings. The number of benzene rings is 3. The number of hydrazine groups is 1. The summed E-state index contributed by atoms with van der Waals surface area (Å²) in [5.41, 5.74) is 4.95. The topological polar surface area (TPSA) is 67.4 Å². The summed E-state index contributed by atoms with van der Waals surface area (Å²) in [4.78, 5) is 24.2. The standard InChI is InChI=1S/C20H17ClN2O3/c1-13(26-16-11-10-14-6-2-3-7-15(14)12-16)19(24)22-23-20(25)17-8-4-5-9-18(17)21/h2-13H,1H3,(H,22,24)(H,23,25). The Bertz CT molecular complexity index is 958. The van der Waals surface area contributed by atoms with Crippen molar-refractivity contribution < 1.29 is 14.3 Å². The summed E-state index contributed by atoms with van der Waals surface area (Å²) in [5, 5.41) is 2.41. The first-order valence-corrected chi connectivity index (χ1v) is 8.42. The van der Waals surface area contributed by atoms with Gasteiger partial charge in [-0.2, -0.15) is 0 Å². The van der Waals surface area contributed by atoms with Gasteiger partial charge in [-0.05, 0) is 42.0 Å². The van der Waals surface area contributed by atoms with E-state index in [-0.39, 0.29) is 5.56 Å². The Morgan fingerprint density at radius 2 is 1.62 bits per heavy atom. The van der Waals surface area contributed by atoms with Gasteiger partial charge in [-0.25, -0.2) is 0 Å². The Morgan fingerprint density at radius 3 is 2.38 bits per heavy atom. The number of carbonyl (C=O) groups is 2. The molecule has 0 bridgehead atoms. The molecular weight excluding hydrogens is 352 g/mol. The van der Waals surface area contributed by atoms with E-state index in [2.05, 4.69) is 10.9 Å². The molecule has 1 atom stereocenters. The Labute approximate surface area is 155 Å². The van der Waals surface area contributed by atoms with Gasteiger partial charge < -0.3 is 4.74 Å². The van der Waals surface area contributed by atoms with Gasteiger partial charge in [0.15, 0.2) is 6.10 Å². The lowest BCUT2D eigenvalue weighted by molar-refractivity contribution is -0.128. The molecule has 3 rings (SSSR count). The van der Waals surface area contributed by atoms with Gasteiger partial charge in [0.1, 0.15) is 5.75 Å². The first-order chi connectivity index (χ1) is 12.5. The molecule has 3 aromatic carbocycles. The number of ether oxygens (including phenoxy) is 1. The van der Waals surface area contributed by atoms with Gasteiger partial charge in [0.2, 0.25) is 0 Å². The van der Waals surface area contributed by atoms with Crippen molar-refractivity contribution >= 4 is 34.2 Å². The third-order valence-electron chi connectivity index (χ3n) is 3.82. The quantitative estimate of drug-likeness (QED) is 0.690. The lowest BCUT2D eigenvalue weighted by Gasteiger charge is -2.15. The van der Waals surface area contributed by atoms with Crippen LogP contribution in [-0.2, 0) is 4.79 Å². The van der Waals surface area contributed by atoms with Gasteiger partial charge in [0, 0.05) is 0 Å². The summed E-state index contributed by atoms with van der Waals surface area (Å²) in [6.07, 6.45) is -0.789. The maximum atomic E-state index is 12.1. The van der Waals surface area contributed by atoms with Crippen LogP contribution in [-0.4, -0.2) is 17.9 Å². The van der Waals surface area contributed by atoms with Crippen molar-refractivity contribution in [3.8, 4) is 5.75 Å². The molecule has 26 heavy (non-hydrogen) atoms. The van der Waals surface area contributed by atoms with E-state index in [0.29, 0.717) is 10.8 Å². The molecule has 0 saturated heterocycles. The number of halogens is 1. The average molecular weight is 369 g/mol. The van der Waals surface area contributed by atoms with E-state index in [1.165, 1.54) is 0 Å². The van der Waals surface area contributed by atoms with Gasteiger partial charge in [-0.3, -0.25) is 20.4 Å². The molecule has 0 aliphatic heterocycles. The minimum atomic E-state index is -0.789. The van der Waals surface area contributed by atoms with E-state index in [1.54, 1.807) is 37.3 Å². The van der Waals surface area contributed by atoms with E-state index in [4.69, 9.17) is 16.3 Å². The molecular formula is C20H17ClN2O3. The molecule has 0 spiro atoms. The first-order valence-electron chi connectivity index (χ1n) is 8.05. The number of rotatable bonds is 4. The number of fused-ring (bicyclic) bond motifs is 1. The second-order valence-corrected chi connectivity index (χ2v) is 6.10. The maximum Gasteiger partial charge on any atom is 0.279 e. The van der Waals surface area contributed by atoms with Crippen LogP contribution in [0.5, 0.6) is 5.75 Å². The van der Waals surface area contributed by atoms with Crippen molar-refractivity contribution in [2.24, 2.45) is 0 Å². The smallest absolute Gasteiger partial charge is 0.279 e. The average Bonchev–Trinajstić information content (AvgIpc) is 2.66. The van der Waals surface area contributed by atoms with Crippen LogP contribution in [0.1, 0.15) is 17.3 Å². The highest BCUT2D eigenvalue weighted by Gasteiger charge is 2.17. The zero-order valence-corrected chi connectivity index (χ0v) is 14.8. The number of hydrogen-bond donors (Lipinski definition) is 2. The van der Waals surface area contributed by atoms with Crippen LogP contribution in [0.25, 0.3) is 10.8 Å². The fourth-order valence-electron chi connectivity index (χ4n) is 2.43. The van der Waals surface area contributed by atoms with Crippen molar-refractivity contribution in [2.75, 3.05) is 0 Å². The number of carbonyl (C=O) groups excluding carboxylic acids is 2. The molecule has 0 fully saturated rings. The number of nitrogens with one attached hydrogen (secondary N) is 2. The fourth-order valence-corrected chi connectivity index (χ4v) is 2.65. The van der Waals surface area contributed by atoms with Gasteiger partial charge in [0.25, 0.3) is 11.8 Å². The zero-order valence-electron chi connectivity index (χ0n) is 14.0.